The van der Waals surface area contributed by atoms with Gasteiger partial charge in [-0.15, -0.1) is 0 Å². The van der Waals surface area contributed by atoms with Gasteiger partial charge in [-0.3, -0.25) is 14.4 Å². The molecule has 14 nitrogen and oxygen atoms in total. The number of carbonyl (C=O) groups excluding carboxylic acids is 2. The Morgan fingerprint density at radius 3 is 0.617 bits per heavy atom. The predicted molar refractivity (Wildman–Crippen MR) is 558 cm³/mol. The number of carboxylic acids is 1. The van der Waals surface area contributed by atoms with E-state index < -0.39 is 5.97 Å². The van der Waals surface area contributed by atoms with E-state index in [1.165, 1.54) is 270 Å². The second-order valence-corrected chi connectivity index (χ2v) is 36.2. The highest BCUT2D eigenvalue weighted by atomic mass is 16.4. The fourth-order valence-electron chi connectivity index (χ4n) is 16.6. The molecule has 0 saturated carbocycles. The molecule has 0 unspecified atom stereocenters. The Kier molecular flexibility index (Phi) is 59.1. The zero-order valence-corrected chi connectivity index (χ0v) is 80.5. The van der Waals surface area contributed by atoms with Crippen LogP contribution in [0.25, 0.3) is 0 Å². The Labute approximate surface area is 776 Å². The van der Waals surface area contributed by atoms with E-state index in [0.717, 1.165) is 168 Å². The van der Waals surface area contributed by atoms with Gasteiger partial charge in [0.05, 0.1) is 51.5 Å². The standard InChI is InChI=1S/C68H105N5O2.C24H21N5.C22H44O2/c1-5-9-13-17-21-25-29-33-37-57(38-34-30-26-22-18-14-10-6-2)67(74)72-65-53-49-63(50-54-65)70-61-45-41-59(42-46-61)69-60-43-47-62(48-44-60)71-64-51-55-66(56-52-64)73-68(75)58(39-35-31-27-23-19-15-11-7-3)40-36-32-28-24-20-16-12-8-4;25-17-1-5-19(6-2-17)27-21-9-13-23(14-10-21)29-24-15-11-22(12-16-24)28-20-7-3-18(26)4-8-20;1-3-5-7-9-11-13-15-17-19-21(22(23)24)20-18-16-14-12-10-8-6-4-2/h41-58,70H,5-40H2,1-4H3,(H,72,74)(H,73,75);1-16,27H,25-26H2;21H,3-20H2,1-2H3,(H,23,24). The van der Waals surface area contributed by atoms with E-state index in [-0.39, 0.29) is 29.6 Å². The number of carboxylic acid groups (broad SMARTS) is 1. The summed E-state index contributed by atoms with van der Waals surface area (Å²) in [6, 6.07) is 47.2. The molecular weight excluding hydrogens is 1570 g/mol. The highest BCUT2D eigenvalue weighted by Crippen LogP contribution is 2.31. The molecule has 128 heavy (non-hydrogen) atoms. The van der Waals surface area contributed by atoms with Crippen molar-refractivity contribution in [3.63, 3.8) is 0 Å². The first-order chi connectivity index (χ1) is 62.8. The van der Waals surface area contributed by atoms with Crippen molar-refractivity contribution >= 4 is 109 Å². The number of aliphatic carboxylic acids is 1. The molecule has 0 saturated heterocycles. The van der Waals surface area contributed by atoms with Gasteiger partial charge in [0.25, 0.3) is 0 Å². The van der Waals surface area contributed by atoms with Crippen molar-refractivity contribution in [3.05, 3.63) is 194 Å². The molecule has 6 aromatic carbocycles. The molecule has 14 heteroatoms. The first kappa shape index (κ1) is 107. The lowest BCUT2D eigenvalue weighted by atomic mass is 9.93. The van der Waals surface area contributed by atoms with Crippen molar-refractivity contribution in [2.24, 2.45) is 37.7 Å². The van der Waals surface area contributed by atoms with Crippen LogP contribution in [0.2, 0.25) is 0 Å². The molecule has 0 radical (unpaired) electrons. The minimum atomic E-state index is -0.569. The van der Waals surface area contributed by atoms with Gasteiger partial charge in [-0.2, -0.15) is 0 Å². The molecule has 0 aromatic heterocycles. The van der Waals surface area contributed by atoms with Crippen molar-refractivity contribution in [1.29, 1.82) is 0 Å². The van der Waals surface area contributed by atoms with Crippen molar-refractivity contribution in [2.75, 3.05) is 32.7 Å². The van der Waals surface area contributed by atoms with Crippen LogP contribution in [0.4, 0.5) is 68.2 Å². The SMILES string of the molecule is CCCCCCCCCCC(CCCCCCCCCC)C(=O)Nc1ccc(N=C2C=CC(=Nc3ccc(Nc4ccc(NC(=O)C(CCCCCCCCCC)CCCCCCCCCC)cc4)cc3)C=C2)cc1.CCCCCCCCCCC(CCCCCCCCCC)C(=O)O.Nc1ccc(N=C2C=CC(=Nc3ccc(Nc4ccc(N)cc4)cc3)C=C2)cc1. The van der Waals surface area contributed by atoms with E-state index in [9.17, 15) is 19.5 Å². The maximum atomic E-state index is 13.6. The second kappa shape index (κ2) is 70.5. The van der Waals surface area contributed by atoms with Gasteiger partial charge in [0.15, 0.2) is 0 Å². The fraction of sp³-hybridized carbons (Fsp3) is 0.553. The third kappa shape index (κ3) is 51.1. The molecule has 2 aliphatic rings. The monoisotopic (exact) mass is 1740 g/mol. The predicted octanol–water partition coefficient (Wildman–Crippen LogP) is 34.9. The summed E-state index contributed by atoms with van der Waals surface area (Å²) in [5.41, 5.74) is 25.4. The average molecular weight is 1740 g/mol. The molecule has 0 aliphatic heterocycles. The smallest absolute Gasteiger partial charge is 0.306 e. The van der Waals surface area contributed by atoms with Crippen LogP contribution in [0, 0.1) is 17.8 Å². The van der Waals surface area contributed by atoms with Gasteiger partial charge < -0.3 is 37.8 Å². The van der Waals surface area contributed by atoms with Crippen LogP contribution in [0.1, 0.15) is 388 Å². The van der Waals surface area contributed by atoms with Crippen molar-refractivity contribution in [1.82, 2.24) is 0 Å². The normalized spacial score (nSPS) is 12.2. The summed E-state index contributed by atoms with van der Waals surface area (Å²) in [4.78, 5) is 57.6. The molecular formula is C114H170N10O4. The third-order valence-corrected chi connectivity index (χ3v) is 24.7. The molecule has 0 bridgehead atoms. The zero-order chi connectivity index (χ0) is 91.2. The first-order valence-electron chi connectivity index (χ1n) is 51.3. The number of amides is 2. The fourth-order valence-corrected chi connectivity index (χ4v) is 16.6. The van der Waals surface area contributed by atoms with Crippen molar-refractivity contribution in [3.8, 4) is 0 Å². The number of hydrogen-bond acceptors (Lipinski definition) is 11. The number of nitrogen functional groups attached to an aromatic ring is 2. The average Bonchev–Trinajstić information content (AvgIpc) is 0.879. The van der Waals surface area contributed by atoms with Crippen molar-refractivity contribution in [2.45, 2.75) is 388 Å². The number of benzene rings is 6. The molecule has 6 aromatic rings. The van der Waals surface area contributed by atoms with Gasteiger partial charge in [-0.25, -0.2) is 20.0 Å². The Hall–Kier alpha value is -9.43. The maximum Gasteiger partial charge on any atom is 0.306 e. The number of nitrogens with one attached hydrogen (secondary N) is 4. The van der Waals surface area contributed by atoms with Gasteiger partial charge >= 0.3 is 5.97 Å². The van der Waals surface area contributed by atoms with Gasteiger partial charge in [0.1, 0.15) is 0 Å². The van der Waals surface area contributed by atoms with Crippen LogP contribution < -0.4 is 32.7 Å². The lowest BCUT2D eigenvalue weighted by Crippen LogP contribution is -2.23. The number of rotatable bonds is 67. The number of anilines is 8. The van der Waals surface area contributed by atoms with Gasteiger partial charge in [-0.1, -0.05) is 350 Å². The molecule has 8 rings (SSSR count). The molecule has 0 spiro atoms. The molecule has 700 valence electrons. The lowest BCUT2D eigenvalue weighted by molar-refractivity contribution is -0.142. The molecule has 0 fully saturated rings. The van der Waals surface area contributed by atoms with Crippen LogP contribution in [0.3, 0.4) is 0 Å². The van der Waals surface area contributed by atoms with Crippen LogP contribution >= 0.6 is 0 Å². The third-order valence-electron chi connectivity index (χ3n) is 24.7. The first-order valence-corrected chi connectivity index (χ1v) is 51.3. The number of hydrogen-bond donors (Lipinski definition) is 7. The van der Waals surface area contributed by atoms with Gasteiger partial charge in [0.2, 0.25) is 11.8 Å². The van der Waals surface area contributed by atoms with Crippen LogP contribution in [-0.2, 0) is 14.4 Å². The number of unbranched alkanes of at least 4 members (excludes halogenated alkanes) is 42. The zero-order valence-electron chi connectivity index (χ0n) is 80.5. The molecule has 2 amide bonds. The highest BCUT2D eigenvalue weighted by molar-refractivity contribution is 6.20. The summed E-state index contributed by atoms with van der Waals surface area (Å²) < 4.78 is 0. The minimum Gasteiger partial charge on any atom is -0.481 e. The number of aliphatic imine (C=N–C) groups is 4. The van der Waals surface area contributed by atoms with Crippen LogP contribution in [0.5, 0.6) is 0 Å². The van der Waals surface area contributed by atoms with Crippen LogP contribution in [0.15, 0.2) is 214 Å². The van der Waals surface area contributed by atoms with E-state index in [4.69, 9.17) is 21.5 Å². The number of allylic oxidation sites excluding steroid dienone is 8. The van der Waals surface area contributed by atoms with Gasteiger partial charge in [-0.05, 0) is 233 Å². The largest absolute Gasteiger partial charge is 0.481 e. The Morgan fingerprint density at radius 1 is 0.234 bits per heavy atom. The quantitative estimate of drug-likeness (QED) is 0.0110. The molecule has 0 atom stereocenters. The van der Waals surface area contributed by atoms with E-state index in [0.29, 0.717) is 0 Å². The van der Waals surface area contributed by atoms with Gasteiger partial charge in [0, 0.05) is 57.3 Å². The van der Waals surface area contributed by atoms with E-state index in [1.54, 1.807) is 0 Å². The Balaban J connectivity index is 0.000000383. The number of nitrogens with two attached hydrogens (primary N) is 2. The molecule has 2 aliphatic carbocycles. The molecule has 9 N–H and O–H groups in total. The number of nitrogens with zero attached hydrogens (tertiary/aromatic N) is 4. The summed E-state index contributed by atoms with van der Waals surface area (Å²) in [7, 11) is 0. The summed E-state index contributed by atoms with van der Waals surface area (Å²) in [6.45, 7) is 13.6. The van der Waals surface area contributed by atoms with Crippen LogP contribution in [-0.4, -0.2) is 45.7 Å². The topological polar surface area (TPSA) is 221 Å². The minimum absolute atomic E-state index is 0.0699. The highest BCUT2D eigenvalue weighted by Gasteiger charge is 2.21. The van der Waals surface area contributed by atoms with Crippen molar-refractivity contribution < 1.29 is 19.5 Å². The van der Waals surface area contributed by atoms with E-state index in [1.807, 2.05) is 194 Å². The lowest BCUT2D eigenvalue weighted by Gasteiger charge is -2.17. The summed E-state index contributed by atoms with van der Waals surface area (Å²) in [6.07, 6.45) is 83.3. The van der Waals surface area contributed by atoms with E-state index >= 15 is 0 Å². The Morgan fingerprint density at radius 2 is 0.398 bits per heavy atom. The molecule has 0 heterocycles. The Bertz CT molecular complexity index is 4040. The second-order valence-electron chi connectivity index (χ2n) is 36.2. The maximum absolute atomic E-state index is 13.6. The summed E-state index contributed by atoms with van der Waals surface area (Å²) >= 11 is 0. The summed E-state index contributed by atoms with van der Waals surface area (Å²) in [5, 5.41) is 22.7. The van der Waals surface area contributed by atoms with E-state index in [2.05, 4.69) is 72.8 Å². The summed E-state index contributed by atoms with van der Waals surface area (Å²) in [5.74, 6) is -0.173. The number of carbonyl (C=O) groups is 3.